The fourth-order valence-electron chi connectivity index (χ4n) is 15.8. The molecule has 4 aromatic carbocycles. The maximum Gasteiger partial charge on any atom is 0.245 e. The normalized spacial score (nSPS) is 13.7. The molecule has 0 saturated carbocycles. The molecule has 18 rings (SSSR count). The monoisotopic (exact) mass is 1740 g/mol. The molecule has 0 atom stereocenters. The number of benzene rings is 4. The molecule has 14 aromatic rings. The summed E-state index contributed by atoms with van der Waals surface area (Å²) in [6, 6.07) is 46.1. The van der Waals surface area contributed by atoms with E-state index < -0.39 is 0 Å². The molecule has 0 spiro atoms. The number of rotatable bonds is 18. The SMILES string of the molecule is Cc1cc(-c2cc(CC(C)C)n(CC(=O)N3CCc4nc(N)sc4CC3)n2)ccc1F.Cc1ccc(-c2cc(-c3ccccc3)n(CC(=O)N3CCc4nc(N)sc4CC3)n2)nc1.Cc1ccc(-c2cc(-c3ccccc3)n(CC(=O)N3Cc4nc(C)sc4C3)n2)nc1.Cc1nc2c(s1)CCN(C(=O)Cn1nc(-c3ccc(F)c(C)c3)cc1CC(C)C)CC2. The van der Waals surface area contributed by atoms with Crippen molar-refractivity contribution in [1.82, 2.24) is 88.6 Å². The Balaban J connectivity index is 0.000000128. The molecule has 24 nitrogen and oxygen atoms in total. The van der Waals surface area contributed by atoms with E-state index >= 15 is 0 Å². The molecule has 4 N–H and O–H groups in total. The highest BCUT2D eigenvalue weighted by atomic mass is 32.1. The van der Waals surface area contributed by atoms with Gasteiger partial charge in [0, 0.05) is 132 Å². The molecule has 124 heavy (non-hydrogen) atoms. The zero-order valence-electron chi connectivity index (χ0n) is 71.5. The first kappa shape index (κ1) is 86.8. The molecule has 10 aromatic heterocycles. The Labute approximate surface area is 736 Å². The molecule has 0 radical (unpaired) electrons. The number of fused-ring (bicyclic) bond motifs is 4. The molecule has 14 heterocycles. The Morgan fingerprint density at radius 3 is 1.14 bits per heavy atom. The van der Waals surface area contributed by atoms with E-state index in [1.165, 1.54) is 54.3 Å². The van der Waals surface area contributed by atoms with E-state index in [0.717, 1.165) is 181 Å². The number of anilines is 2. The number of hydrogen-bond acceptors (Lipinski definition) is 20. The number of halogens is 2. The highest BCUT2D eigenvalue weighted by molar-refractivity contribution is 7.15. The molecule has 0 saturated heterocycles. The maximum absolute atomic E-state index is 13.7. The number of pyridine rings is 2. The van der Waals surface area contributed by atoms with Crippen LogP contribution in [0.3, 0.4) is 0 Å². The van der Waals surface area contributed by atoms with Gasteiger partial charge in [0.2, 0.25) is 23.6 Å². The van der Waals surface area contributed by atoms with Crippen LogP contribution >= 0.6 is 45.3 Å². The number of hydrogen-bond donors (Lipinski definition) is 2. The molecule has 0 bridgehead atoms. The van der Waals surface area contributed by atoms with Gasteiger partial charge in [0.15, 0.2) is 10.3 Å². The van der Waals surface area contributed by atoms with Crippen LogP contribution in [0.15, 0.2) is 158 Å². The summed E-state index contributed by atoms with van der Waals surface area (Å²) in [6.07, 6.45) is 10.0. The van der Waals surface area contributed by atoms with Crippen molar-refractivity contribution in [2.75, 3.05) is 50.7 Å². The second-order valence-electron chi connectivity index (χ2n) is 32.7. The van der Waals surface area contributed by atoms with Crippen LogP contribution in [0.4, 0.5) is 19.0 Å². The van der Waals surface area contributed by atoms with Crippen molar-refractivity contribution in [1.29, 1.82) is 0 Å². The van der Waals surface area contributed by atoms with Crippen molar-refractivity contribution in [3.05, 3.63) is 256 Å². The zero-order chi connectivity index (χ0) is 87.0. The van der Waals surface area contributed by atoms with Crippen molar-refractivity contribution in [3.63, 3.8) is 0 Å². The van der Waals surface area contributed by atoms with Crippen molar-refractivity contribution >= 4 is 79.2 Å². The van der Waals surface area contributed by atoms with E-state index in [1.807, 2.05) is 184 Å². The van der Waals surface area contributed by atoms with Crippen molar-refractivity contribution in [2.24, 2.45) is 11.8 Å². The molecule has 0 aliphatic carbocycles. The molecule has 4 aliphatic rings. The van der Waals surface area contributed by atoms with Crippen LogP contribution in [0.25, 0.3) is 67.8 Å². The largest absolute Gasteiger partial charge is 0.375 e. The average molecular weight is 1740 g/mol. The molecule has 0 unspecified atom stereocenters. The molecular weight excluding hydrogens is 1640 g/mol. The fourth-order valence-corrected chi connectivity index (χ4v) is 19.4. The fraction of sp³-hybridized carbons (Fsp3) is 0.340. The Bertz CT molecular complexity index is 5870. The van der Waals surface area contributed by atoms with Crippen LogP contribution < -0.4 is 11.5 Å². The van der Waals surface area contributed by atoms with Gasteiger partial charge in [0.1, 0.15) is 49.2 Å². The number of carbonyl (C=O) groups is 4. The molecule has 0 fully saturated rings. The van der Waals surface area contributed by atoms with Crippen LogP contribution in [0.5, 0.6) is 0 Å². The minimum absolute atomic E-state index is 0.0431. The summed E-state index contributed by atoms with van der Waals surface area (Å²) in [7, 11) is 0. The molecule has 4 aliphatic heterocycles. The second-order valence-corrected chi connectivity index (χ2v) is 37.5. The van der Waals surface area contributed by atoms with E-state index in [-0.39, 0.29) is 61.4 Å². The Hall–Kier alpha value is -12.1. The summed E-state index contributed by atoms with van der Waals surface area (Å²) in [5.74, 6) is 0.654. The summed E-state index contributed by atoms with van der Waals surface area (Å²) >= 11 is 6.46. The van der Waals surface area contributed by atoms with Gasteiger partial charge >= 0.3 is 0 Å². The van der Waals surface area contributed by atoms with Crippen LogP contribution in [0.1, 0.15) is 114 Å². The predicted molar refractivity (Wildman–Crippen MR) is 486 cm³/mol. The quantitative estimate of drug-likeness (QED) is 0.0807. The minimum Gasteiger partial charge on any atom is -0.375 e. The van der Waals surface area contributed by atoms with Gasteiger partial charge in [-0.1, -0.05) is 100 Å². The van der Waals surface area contributed by atoms with Crippen molar-refractivity contribution < 1.29 is 28.0 Å². The van der Waals surface area contributed by atoms with Gasteiger partial charge in [0.25, 0.3) is 0 Å². The third-order valence-electron chi connectivity index (χ3n) is 22.2. The summed E-state index contributed by atoms with van der Waals surface area (Å²) in [6.45, 7) is 26.2. The zero-order valence-corrected chi connectivity index (χ0v) is 74.8. The van der Waals surface area contributed by atoms with E-state index in [0.29, 0.717) is 79.0 Å². The number of aromatic nitrogens is 14. The van der Waals surface area contributed by atoms with Crippen molar-refractivity contribution in [2.45, 2.75) is 160 Å². The first-order chi connectivity index (χ1) is 59.7. The summed E-state index contributed by atoms with van der Waals surface area (Å²) in [4.78, 5) is 92.0. The number of carbonyl (C=O) groups excluding carboxylic acids is 4. The standard InChI is InChI=1S/C24H29FN4OS.C24H24N6OS.C23H28FN5OS.C23H21N5OS/c1-15(2)11-19-13-22(18-5-6-20(25)16(3)12-18)27-29(19)14-24(30)28-9-7-21-23(8-10-28)31-17(4)26-21;1-16-7-8-18(26-14-16)20-13-21(17-5-3-2-4-6-17)30(28-20)15-23(31)29-11-9-19-22(10-12-29)32-24(25)27-19;1-14(2)10-17-12-20(16-4-5-18(24)15(3)11-16)27-29(17)13-22(30)28-8-6-19-21(7-9-28)31-23(25)26-19;1-15-8-9-18(24-11-15)19-10-21(17-6-4-3-5-7-17)28(26-19)14-23(29)27-12-20-22(13-27)30-16(2)25-20/h5-6,12-13,15H,7-11,14H2,1-4H3;2-8,13-14H,9-12,15H2,1H3,(H2,25,27);4-5,11-12,14H,6-10,13H2,1-3H3,(H2,25,26);3-11H,12-14H2,1-2H3. The molecular formula is C94H102F2N20O4S4. The van der Waals surface area contributed by atoms with Gasteiger partial charge in [-0.25, -0.2) is 28.7 Å². The van der Waals surface area contributed by atoms with Crippen LogP contribution in [-0.2, 0) is 110 Å². The third kappa shape index (κ3) is 21.2. The third-order valence-corrected chi connectivity index (χ3v) is 26.2. The lowest BCUT2D eigenvalue weighted by Crippen LogP contribution is -2.36. The highest BCUT2D eigenvalue weighted by Gasteiger charge is 2.31. The molecule has 640 valence electrons. The smallest absolute Gasteiger partial charge is 0.245 e. The van der Waals surface area contributed by atoms with Crippen LogP contribution in [-0.4, -0.2) is 152 Å². The number of nitrogens with two attached hydrogens (primary N) is 2. The van der Waals surface area contributed by atoms with Crippen molar-refractivity contribution in [3.8, 4) is 67.8 Å². The number of nitrogens with zero attached hydrogens (tertiary/aromatic N) is 18. The lowest BCUT2D eigenvalue weighted by molar-refractivity contribution is -0.133. The van der Waals surface area contributed by atoms with E-state index in [4.69, 9.17) is 31.9 Å². The van der Waals surface area contributed by atoms with Gasteiger partial charge in [-0.2, -0.15) is 20.4 Å². The highest BCUT2D eigenvalue weighted by Crippen LogP contribution is 2.34. The lowest BCUT2D eigenvalue weighted by Gasteiger charge is -2.21. The second kappa shape index (κ2) is 38.7. The first-order valence-corrected chi connectivity index (χ1v) is 45.3. The first-order valence-electron chi connectivity index (χ1n) is 42.0. The Morgan fingerprint density at radius 2 is 0.742 bits per heavy atom. The van der Waals surface area contributed by atoms with E-state index in [2.05, 4.69) is 57.6 Å². The summed E-state index contributed by atoms with van der Waals surface area (Å²) < 4.78 is 34.6. The molecule has 30 heteroatoms. The maximum atomic E-state index is 13.7. The topological polar surface area (TPSA) is 282 Å². The summed E-state index contributed by atoms with van der Waals surface area (Å²) in [5, 5.41) is 22.3. The number of thiazole rings is 4. The van der Waals surface area contributed by atoms with E-state index in [9.17, 15) is 28.0 Å². The summed E-state index contributed by atoms with van der Waals surface area (Å²) in [5.41, 5.74) is 31.6. The predicted octanol–water partition coefficient (Wildman–Crippen LogP) is 16.3. The van der Waals surface area contributed by atoms with E-state index in [1.54, 1.807) is 64.1 Å². The average Bonchev–Trinajstić information content (AvgIpc) is 1.65. The number of nitrogen functional groups attached to an aromatic ring is 2. The van der Waals surface area contributed by atoms with Crippen LogP contribution in [0, 0.1) is 65.0 Å². The number of aryl methyl sites for hydroxylation is 6. The van der Waals surface area contributed by atoms with Gasteiger partial charge < -0.3 is 31.1 Å². The van der Waals surface area contributed by atoms with Gasteiger partial charge in [-0.05, 0) is 172 Å². The van der Waals surface area contributed by atoms with Gasteiger partial charge in [0.05, 0.1) is 80.0 Å². The number of amides is 4. The Morgan fingerprint density at radius 1 is 0.371 bits per heavy atom. The molecule has 4 amide bonds. The van der Waals surface area contributed by atoms with Crippen LogP contribution in [0.2, 0.25) is 0 Å². The Kier molecular flexibility index (Phi) is 27.1. The van der Waals surface area contributed by atoms with Gasteiger partial charge in [-0.15, -0.1) is 45.3 Å². The lowest BCUT2D eigenvalue weighted by atomic mass is 10.1. The minimum atomic E-state index is -0.230. The van der Waals surface area contributed by atoms with Gasteiger partial charge in [-0.3, -0.25) is 47.9 Å².